The first-order chi connectivity index (χ1) is 11.7. The Morgan fingerprint density at radius 2 is 1.71 bits per heavy atom. The number of fused-ring (bicyclic) bond motifs is 1. The second kappa shape index (κ2) is 5.91. The Hall–Kier alpha value is -2.98. The molecule has 2 heterocycles. The molecule has 0 aliphatic heterocycles. The van der Waals surface area contributed by atoms with Crippen LogP contribution in [0.5, 0.6) is 0 Å². The summed E-state index contributed by atoms with van der Waals surface area (Å²) in [6, 6.07) is 19.7. The van der Waals surface area contributed by atoms with Gasteiger partial charge in [0.15, 0.2) is 0 Å². The van der Waals surface area contributed by atoms with Crippen molar-refractivity contribution in [1.82, 2.24) is 9.55 Å². The van der Waals surface area contributed by atoms with E-state index < -0.39 is 0 Å². The lowest BCUT2D eigenvalue weighted by Crippen LogP contribution is -1.96. The predicted octanol–water partition coefficient (Wildman–Crippen LogP) is 5.00. The maximum absolute atomic E-state index is 5.92. The number of halogens is 1. The summed E-state index contributed by atoms with van der Waals surface area (Å²) in [6.07, 6.45) is 3.67. The normalized spacial score (nSPS) is 10.9. The Bertz CT molecular complexity index is 988. The lowest BCUT2D eigenvalue weighted by Gasteiger charge is -2.08. The second-order valence-electron chi connectivity index (χ2n) is 5.54. The lowest BCUT2D eigenvalue weighted by atomic mass is 10.2. The SMILES string of the molecule is Nc1ccc(-n2ccc3cc(Nc4ccc(Cl)cc4)ccc32)nc1. The third kappa shape index (κ3) is 2.79. The average Bonchev–Trinajstić information content (AvgIpc) is 3.01. The molecule has 0 fully saturated rings. The summed E-state index contributed by atoms with van der Waals surface area (Å²) in [5, 5.41) is 5.24. The molecule has 118 valence electrons. The molecule has 0 saturated carbocycles. The van der Waals surface area contributed by atoms with Gasteiger partial charge in [0, 0.05) is 28.0 Å². The van der Waals surface area contributed by atoms with Gasteiger partial charge in [-0.3, -0.25) is 0 Å². The summed E-state index contributed by atoms with van der Waals surface area (Å²) in [7, 11) is 0. The van der Waals surface area contributed by atoms with E-state index in [4.69, 9.17) is 17.3 Å². The number of nitrogens with two attached hydrogens (primary N) is 1. The smallest absolute Gasteiger partial charge is 0.137 e. The number of hydrogen-bond acceptors (Lipinski definition) is 3. The molecule has 24 heavy (non-hydrogen) atoms. The monoisotopic (exact) mass is 334 g/mol. The van der Waals surface area contributed by atoms with Crippen LogP contribution < -0.4 is 11.1 Å². The number of hydrogen-bond donors (Lipinski definition) is 2. The molecule has 2 aromatic carbocycles. The Labute approximate surface area is 144 Å². The highest BCUT2D eigenvalue weighted by molar-refractivity contribution is 6.30. The fourth-order valence-electron chi connectivity index (χ4n) is 2.66. The molecule has 0 bridgehead atoms. The molecule has 0 spiro atoms. The zero-order valence-electron chi connectivity index (χ0n) is 12.8. The average molecular weight is 335 g/mol. The number of benzene rings is 2. The molecule has 0 atom stereocenters. The van der Waals surface area contributed by atoms with Crippen LogP contribution in [0.15, 0.2) is 73.1 Å². The van der Waals surface area contributed by atoms with Gasteiger partial charge in [-0.05, 0) is 60.7 Å². The van der Waals surface area contributed by atoms with Crippen molar-refractivity contribution in [2.45, 2.75) is 0 Å². The van der Waals surface area contributed by atoms with Gasteiger partial charge >= 0.3 is 0 Å². The van der Waals surface area contributed by atoms with Crippen molar-refractivity contribution in [2.75, 3.05) is 11.1 Å². The van der Waals surface area contributed by atoms with Crippen LogP contribution in [0, 0.1) is 0 Å². The van der Waals surface area contributed by atoms with Crippen LogP contribution in [0.4, 0.5) is 17.1 Å². The zero-order chi connectivity index (χ0) is 16.5. The van der Waals surface area contributed by atoms with E-state index in [1.165, 1.54) is 0 Å². The van der Waals surface area contributed by atoms with Crippen molar-refractivity contribution in [1.29, 1.82) is 0 Å². The largest absolute Gasteiger partial charge is 0.397 e. The first kappa shape index (κ1) is 14.6. The molecule has 2 aromatic heterocycles. The molecule has 0 radical (unpaired) electrons. The van der Waals surface area contributed by atoms with E-state index >= 15 is 0 Å². The number of rotatable bonds is 3. The van der Waals surface area contributed by atoms with Gasteiger partial charge in [0.25, 0.3) is 0 Å². The topological polar surface area (TPSA) is 55.9 Å². The number of nitrogen functional groups attached to an aromatic ring is 1. The van der Waals surface area contributed by atoms with Crippen molar-refractivity contribution in [3.05, 3.63) is 78.1 Å². The first-order valence-electron chi connectivity index (χ1n) is 7.55. The maximum Gasteiger partial charge on any atom is 0.137 e. The van der Waals surface area contributed by atoms with Crippen LogP contribution in [0.2, 0.25) is 5.02 Å². The van der Waals surface area contributed by atoms with E-state index in [0.717, 1.165) is 33.1 Å². The highest BCUT2D eigenvalue weighted by Gasteiger charge is 2.05. The predicted molar refractivity (Wildman–Crippen MR) is 100 cm³/mol. The molecule has 5 heteroatoms. The van der Waals surface area contributed by atoms with E-state index in [2.05, 4.69) is 28.5 Å². The fourth-order valence-corrected chi connectivity index (χ4v) is 2.79. The molecule has 0 unspecified atom stereocenters. The number of nitrogens with one attached hydrogen (secondary N) is 1. The van der Waals surface area contributed by atoms with E-state index in [9.17, 15) is 0 Å². The quantitative estimate of drug-likeness (QED) is 0.554. The molecular weight excluding hydrogens is 320 g/mol. The van der Waals surface area contributed by atoms with Gasteiger partial charge in [-0.25, -0.2) is 4.98 Å². The van der Waals surface area contributed by atoms with Gasteiger partial charge in [0.1, 0.15) is 5.82 Å². The van der Waals surface area contributed by atoms with Crippen molar-refractivity contribution in [3.63, 3.8) is 0 Å². The molecule has 4 nitrogen and oxygen atoms in total. The molecular formula is C19H15ClN4. The molecule has 0 aliphatic rings. The van der Waals surface area contributed by atoms with E-state index in [1.807, 2.05) is 53.2 Å². The third-order valence-electron chi connectivity index (χ3n) is 3.84. The molecule has 0 saturated heterocycles. The zero-order valence-corrected chi connectivity index (χ0v) is 13.5. The number of nitrogens with zero attached hydrogens (tertiary/aromatic N) is 2. The number of aromatic nitrogens is 2. The van der Waals surface area contributed by atoms with Gasteiger partial charge in [-0.1, -0.05) is 11.6 Å². The van der Waals surface area contributed by atoms with E-state index in [-0.39, 0.29) is 0 Å². The van der Waals surface area contributed by atoms with Gasteiger partial charge in [-0.15, -0.1) is 0 Å². The second-order valence-corrected chi connectivity index (χ2v) is 5.98. The van der Waals surface area contributed by atoms with E-state index in [1.54, 1.807) is 6.20 Å². The summed E-state index contributed by atoms with van der Waals surface area (Å²) in [5.74, 6) is 0.845. The maximum atomic E-state index is 5.92. The molecule has 3 N–H and O–H groups in total. The Morgan fingerprint density at radius 1 is 0.917 bits per heavy atom. The minimum Gasteiger partial charge on any atom is -0.397 e. The van der Waals surface area contributed by atoms with Crippen LogP contribution in [0.1, 0.15) is 0 Å². The van der Waals surface area contributed by atoms with Crippen molar-refractivity contribution < 1.29 is 0 Å². The van der Waals surface area contributed by atoms with Crippen molar-refractivity contribution in [2.24, 2.45) is 0 Å². The Balaban J connectivity index is 1.67. The Kier molecular flexibility index (Phi) is 3.59. The van der Waals surface area contributed by atoms with Crippen molar-refractivity contribution >= 4 is 39.6 Å². The molecule has 4 rings (SSSR count). The van der Waals surface area contributed by atoms with Gasteiger partial charge in [0.2, 0.25) is 0 Å². The first-order valence-corrected chi connectivity index (χ1v) is 7.92. The summed E-state index contributed by atoms with van der Waals surface area (Å²) in [5.41, 5.74) is 9.48. The van der Waals surface area contributed by atoms with Gasteiger partial charge in [-0.2, -0.15) is 0 Å². The van der Waals surface area contributed by atoms with Gasteiger partial charge in [0.05, 0.1) is 17.4 Å². The minimum atomic E-state index is 0.657. The lowest BCUT2D eigenvalue weighted by molar-refractivity contribution is 1.05. The summed E-state index contributed by atoms with van der Waals surface area (Å²) < 4.78 is 2.04. The highest BCUT2D eigenvalue weighted by Crippen LogP contribution is 2.25. The van der Waals surface area contributed by atoms with Crippen molar-refractivity contribution in [3.8, 4) is 5.82 Å². The van der Waals surface area contributed by atoms with Gasteiger partial charge < -0.3 is 15.6 Å². The summed E-state index contributed by atoms with van der Waals surface area (Å²) >= 11 is 5.92. The summed E-state index contributed by atoms with van der Waals surface area (Å²) in [4.78, 5) is 4.38. The third-order valence-corrected chi connectivity index (χ3v) is 4.09. The van der Waals surface area contributed by atoms with Crippen LogP contribution >= 0.6 is 11.6 Å². The molecule has 0 amide bonds. The molecule has 4 aromatic rings. The fraction of sp³-hybridized carbons (Fsp3) is 0. The number of pyridine rings is 1. The minimum absolute atomic E-state index is 0.657. The highest BCUT2D eigenvalue weighted by atomic mass is 35.5. The summed E-state index contributed by atoms with van der Waals surface area (Å²) in [6.45, 7) is 0. The Morgan fingerprint density at radius 3 is 2.46 bits per heavy atom. The number of anilines is 3. The molecule has 0 aliphatic carbocycles. The van der Waals surface area contributed by atoms with E-state index in [0.29, 0.717) is 5.69 Å². The van der Waals surface area contributed by atoms with Crippen LogP contribution in [0.3, 0.4) is 0 Å². The standard InChI is InChI=1S/C19H15ClN4/c20-14-1-4-16(5-2-14)23-17-6-7-18-13(11-17)9-10-24(18)19-8-3-15(21)12-22-19/h1-12,23H,21H2. The van der Waals surface area contributed by atoms with Crippen LogP contribution in [-0.2, 0) is 0 Å². The van der Waals surface area contributed by atoms with Crippen LogP contribution in [-0.4, -0.2) is 9.55 Å². The van der Waals surface area contributed by atoms with Crippen LogP contribution in [0.25, 0.3) is 16.7 Å².